The molecule has 134 valence electrons. The monoisotopic (exact) mass is 350 g/mol. The van der Waals surface area contributed by atoms with Gasteiger partial charge in [-0.2, -0.15) is 5.26 Å². The number of amides is 1. The molecule has 0 bridgehead atoms. The highest BCUT2D eigenvalue weighted by molar-refractivity contribution is 5.68. The van der Waals surface area contributed by atoms with Crippen LogP contribution in [0.4, 0.5) is 4.79 Å². The van der Waals surface area contributed by atoms with Gasteiger partial charge in [0.2, 0.25) is 0 Å². The number of hydrogen-bond acceptors (Lipinski definition) is 4. The van der Waals surface area contributed by atoms with Crippen molar-refractivity contribution in [2.75, 3.05) is 13.2 Å². The molecule has 0 aliphatic carbocycles. The van der Waals surface area contributed by atoms with Crippen LogP contribution in [0, 0.1) is 17.2 Å². The normalized spacial score (nSPS) is 19.6. The molecule has 5 nitrogen and oxygen atoms in total. The molecule has 1 aliphatic heterocycles. The zero-order chi connectivity index (χ0) is 18.4. The van der Waals surface area contributed by atoms with Gasteiger partial charge in [-0.05, 0) is 42.0 Å². The van der Waals surface area contributed by atoms with Gasteiger partial charge < -0.3 is 14.7 Å². The Bertz CT molecular complexity index is 768. The third-order valence-electron chi connectivity index (χ3n) is 4.83. The van der Waals surface area contributed by atoms with Crippen LogP contribution < -0.4 is 0 Å². The van der Waals surface area contributed by atoms with Crippen molar-refractivity contribution in [3.63, 3.8) is 0 Å². The maximum atomic E-state index is 12.7. The van der Waals surface area contributed by atoms with Crippen molar-refractivity contribution in [1.29, 1.82) is 5.26 Å². The van der Waals surface area contributed by atoms with Crippen molar-refractivity contribution in [3.8, 4) is 6.07 Å². The summed E-state index contributed by atoms with van der Waals surface area (Å²) in [6.45, 7) is 0.892. The summed E-state index contributed by atoms with van der Waals surface area (Å²) in [6, 6.07) is 18.8. The molecule has 1 saturated heterocycles. The van der Waals surface area contributed by atoms with Crippen molar-refractivity contribution in [3.05, 3.63) is 71.3 Å². The van der Waals surface area contributed by atoms with Gasteiger partial charge in [-0.15, -0.1) is 0 Å². The van der Waals surface area contributed by atoms with Gasteiger partial charge in [0, 0.05) is 13.2 Å². The van der Waals surface area contributed by atoms with Gasteiger partial charge in [-0.25, -0.2) is 4.79 Å². The molecule has 2 atom stereocenters. The van der Waals surface area contributed by atoms with E-state index in [1.54, 1.807) is 17.0 Å². The third-order valence-corrected chi connectivity index (χ3v) is 4.83. The predicted molar refractivity (Wildman–Crippen MR) is 97.0 cm³/mol. The Morgan fingerprint density at radius 2 is 1.92 bits per heavy atom. The second-order valence-electron chi connectivity index (χ2n) is 6.56. The molecular formula is C21H22N2O3. The Morgan fingerprint density at radius 3 is 2.58 bits per heavy atom. The second kappa shape index (κ2) is 8.50. The average Bonchev–Trinajstić information content (AvgIpc) is 2.72. The molecule has 5 heteroatoms. The van der Waals surface area contributed by atoms with Gasteiger partial charge in [0.15, 0.2) is 0 Å². The van der Waals surface area contributed by atoms with E-state index in [2.05, 4.69) is 6.07 Å². The summed E-state index contributed by atoms with van der Waals surface area (Å²) in [5, 5.41) is 18.5. The van der Waals surface area contributed by atoms with E-state index in [0.717, 1.165) is 17.5 Å². The molecule has 0 saturated carbocycles. The molecule has 2 aromatic rings. The largest absolute Gasteiger partial charge is 0.445 e. The number of aliphatic hydroxyl groups is 1. The highest BCUT2D eigenvalue weighted by atomic mass is 16.6. The van der Waals surface area contributed by atoms with E-state index in [-0.39, 0.29) is 31.3 Å². The minimum atomic E-state index is -0.348. The van der Waals surface area contributed by atoms with Crippen molar-refractivity contribution in [2.24, 2.45) is 5.92 Å². The van der Waals surface area contributed by atoms with Crippen molar-refractivity contribution >= 4 is 6.09 Å². The Labute approximate surface area is 153 Å². The summed E-state index contributed by atoms with van der Waals surface area (Å²) in [5.41, 5.74) is 2.49. The number of aliphatic hydroxyl groups excluding tert-OH is 1. The van der Waals surface area contributed by atoms with E-state index in [0.29, 0.717) is 18.5 Å². The predicted octanol–water partition coefficient (Wildman–Crippen LogP) is 3.64. The lowest BCUT2D eigenvalue weighted by Crippen LogP contribution is -2.42. The number of carbonyl (C=O) groups excluding carboxylic acids is 1. The topological polar surface area (TPSA) is 73.6 Å². The third kappa shape index (κ3) is 4.22. The first-order valence-corrected chi connectivity index (χ1v) is 8.79. The summed E-state index contributed by atoms with van der Waals surface area (Å²) >= 11 is 0. The van der Waals surface area contributed by atoms with Crippen LogP contribution in [-0.4, -0.2) is 29.3 Å². The fourth-order valence-electron chi connectivity index (χ4n) is 3.32. The van der Waals surface area contributed by atoms with Gasteiger partial charge >= 0.3 is 6.09 Å². The summed E-state index contributed by atoms with van der Waals surface area (Å²) in [6.07, 6.45) is 1.09. The number of ether oxygens (including phenoxy) is 1. The molecule has 1 fully saturated rings. The second-order valence-corrected chi connectivity index (χ2v) is 6.56. The first kappa shape index (κ1) is 18.0. The fourth-order valence-corrected chi connectivity index (χ4v) is 3.32. The smallest absolute Gasteiger partial charge is 0.410 e. The lowest BCUT2D eigenvalue weighted by atomic mass is 9.87. The molecule has 2 unspecified atom stereocenters. The van der Waals surface area contributed by atoms with E-state index in [4.69, 9.17) is 10.00 Å². The summed E-state index contributed by atoms with van der Waals surface area (Å²) in [4.78, 5) is 14.4. The molecule has 0 spiro atoms. The molecule has 2 aromatic carbocycles. The first-order valence-electron chi connectivity index (χ1n) is 8.79. The molecule has 1 amide bonds. The number of rotatable bonds is 4. The number of hydrogen-bond donors (Lipinski definition) is 1. The van der Waals surface area contributed by atoms with Crippen molar-refractivity contribution in [1.82, 2.24) is 4.90 Å². The molecule has 1 aliphatic rings. The summed E-state index contributed by atoms with van der Waals surface area (Å²) in [7, 11) is 0. The molecule has 26 heavy (non-hydrogen) atoms. The molecule has 3 rings (SSSR count). The van der Waals surface area contributed by atoms with E-state index in [1.165, 1.54) is 0 Å². The lowest BCUT2D eigenvalue weighted by Gasteiger charge is -2.38. The maximum absolute atomic E-state index is 12.7. The molecule has 0 radical (unpaired) electrons. The number of likely N-dealkylation sites (tertiary alicyclic amines) is 1. The number of benzene rings is 2. The van der Waals surface area contributed by atoms with E-state index in [9.17, 15) is 9.90 Å². The number of carbonyl (C=O) groups is 1. The highest BCUT2D eigenvalue weighted by Gasteiger charge is 2.33. The van der Waals surface area contributed by atoms with Gasteiger partial charge in [0.05, 0.1) is 17.7 Å². The number of nitrogens with zero attached hydrogens (tertiary/aromatic N) is 2. The fraction of sp³-hybridized carbons (Fsp3) is 0.333. The standard InChI is InChI=1S/C21H22N2O3/c22-13-16-6-8-19(9-7-16)20-12-18(14-24)10-11-23(20)21(25)26-15-17-4-2-1-3-5-17/h1-9,18,20,24H,10-12,14-15H2. The van der Waals surface area contributed by atoms with E-state index in [1.807, 2.05) is 42.5 Å². The minimum Gasteiger partial charge on any atom is -0.445 e. The summed E-state index contributed by atoms with van der Waals surface area (Å²) in [5.74, 6) is 0.161. The van der Waals surface area contributed by atoms with Crippen LogP contribution in [0.2, 0.25) is 0 Å². The highest BCUT2D eigenvalue weighted by Crippen LogP contribution is 2.34. The van der Waals surface area contributed by atoms with Crippen LogP contribution in [0.1, 0.15) is 35.6 Å². The lowest BCUT2D eigenvalue weighted by molar-refractivity contribution is 0.0464. The van der Waals surface area contributed by atoms with Crippen molar-refractivity contribution in [2.45, 2.75) is 25.5 Å². The number of nitriles is 1. The van der Waals surface area contributed by atoms with Gasteiger partial charge in [0.1, 0.15) is 6.61 Å². The van der Waals surface area contributed by atoms with Gasteiger partial charge in [-0.3, -0.25) is 0 Å². The van der Waals surface area contributed by atoms with Gasteiger partial charge in [0.25, 0.3) is 0 Å². The quantitative estimate of drug-likeness (QED) is 0.913. The van der Waals surface area contributed by atoms with Crippen LogP contribution in [0.5, 0.6) is 0 Å². The SMILES string of the molecule is N#Cc1ccc(C2CC(CO)CCN2C(=O)OCc2ccccc2)cc1. The van der Waals surface area contributed by atoms with Crippen LogP contribution >= 0.6 is 0 Å². The van der Waals surface area contributed by atoms with Crippen molar-refractivity contribution < 1.29 is 14.6 Å². The maximum Gasteiger partial charge on any atom is 0.410 e. The molecule has 0 aromatic heterocycles. The minimum absolute atomic E-state index is 0.111. The Kier molecular flexibility index (Phi) is 5.88. The van der Waals surface area contributed by atoms with E-state index >= 15 is 0 Å². The van der Waals surface area contributed by atoms with E-state index < -0.39 is 0 Å². The first-order chi connectivity index (χ1) is 12.7. The van der Waals surface area contributed by atoms with Gasteiger partial charge in [-0.1, -0.05) is 42.5 Å². The van der Waals surface area contributed by atoms with Crippen LogP contribution in [-0.2, 0) is 11.3 Å². The van der Waals surface area contributed by atoms with Crippen LogP contribution in [0.3, 0.4) is 0 Å². The average molecular weight is 350 g/mol. The molecular weight excluding hydrogens is 328 g/mol. The Morgan fingerprint density at radius 1 is 1.19 bits per heavy atom. The Balaban J connectivity index is 1.73. The van der Waals surface area contributed by atoms with Crippen LogP contribution in [0.15, 0.2) is 54.6 Å². The zero-order valence-electron chi connectivity index (χ0n) is 14.5. The molecule has 1 N–H and O–H groups in total. The Hall–Kier alpha value is -2.84. The zero-order valence-corrected chi connectivity index (χ0v) is 14.5. The summed E-state index contributed by atoms with van der Waals surface area (Å²) < 4.78 is 5.51. The van der Waals surface area contributed by atoms with Crippen LogP contribution in [0.25, 0.3) is 0 Å². The number of piperidine rings is 1. The molecule has 1 heterocycles.